The molecule has 0 N–H and O–H groups in total. The van der Waals surface area contributed by atoms with Gasteiger partial charge < -0.3 is 9.80 Å². The van der Waals surface area contributed by atoms with Gasteiger partial charge in [0.2, 0.25) is 0 Å². The molecule has 0 aromatic heterocycles. The first-order valence-corrected chi connectivity index (χ1v) is 9.34. The Labute approximate surface area is 145 Å². The molecule has 1 aromatic rings. The number of hydrogen-bond acceptors (Lipinski definition) is 2. The largest absolute Gasteiger partial charge is 0.337 e. The average molecular weight is 469 g/mol. The Morgan fingerprint density at radius 1 is 1.05 bits per heavy atom. The third-order valence-electron chi connectivity index (χ3n) is 3.39. The second-order valence-corrected chi connectivity index (χ2v) is 7.46. The summed E-state index contributed by atoms with van der Waals surface area (Å²) in [5.41, 5.74) is 0.736. The van der Waals surface area contributed by atoms with Crippen molar-refractivity contribution in [1.29, 1.82) is 0 Å². The molecule has 110 valence electrons. The van der Waals surface area contributed by atoms with Gasteiger partial charge in [0.15, 0.2) is 0 Å². The lowest BCUT2D eigenvalue weighted by Gasteiger charge is -2.21. The first-order valence-electron chi connectivity index (χ1n) is 6.64. The first kappa shape index (κ1) is 16.5. The van der Waals surface area contributed by atoms with Crippen LogP contribution in [0.5, 0.6) is 0 Å². The van der Waals surface area contributed by atoms with Crippen molar-refractivity contribution in [3.05, 3.63) is 32.7 Å². The summed E-state index contributed by atoms with van der Waals surface area (Å²) in [6.07, 6.45) is 1.04. The van der Waals surface area contributed by atoms with Crippen molar-refractivity contribution < 1.29 is 4.79 Å². The molecule has 0 spiro atoms. The molecule has 0 bridgehead atoms. The molecule has 0 unspecified atom stereocenters. The molecule has 0 aliphatic carbocycles. The molecule has 1 aliphatic heterocycles. The van der Waals surface area contributed by atoms with E-state index in [9.17, 15) is 4.79 Å². The molecule has 6 heteroatoms. The summed E-state index contributed by atoms with van der Waals surface area (Å²) in [5.74, 6) is 0.118. The molecule has 1 amide bonds. The van der Waals surface area contributed by atoms with Gasteiger partial charge in [-0.1, -0.05) is 47.8 Å². The number of rotatable bonds is 3. The predicted molar refractivity (Wildman–Crippen MR) is 92.6 cm³/mol. The van der Waals surface area contributed by atoms with Gasteiger partial charge >= 0.3 is 0 Å². The topological polar surface area (TPSA) is 23.6 Å². The van der Waals surface area contributed by atoms with Crippen LogP contribution in [0.1, 0.15) is 16.8 Å². The summed E-state index contributed by atoms with van der Waals surface area (Å²) in [4.78, 5) is 16.9. The van der Waals surface area contributed by atoms with E-state index in [0.29, 0.717) is 0 Å². The molecule has 1 aliphatic rings. The van der Waals surface area contributed by atoms with E-state index >= 15 is 0 Å². The van der Waals surface area contributed by atoms with Crippen molar-refractivity contribution >= 4 is 53.7 Å². The van der Waals surface area contributed by atoms with Gasteiger partial charge in [-0.2, -0.15) is 0 Å². The Hall–Kier alpha value is 0.0900. The van der Waals surface area contributed by atoms with E-state index in [0.717, 1.165) is 59.0 Å². The number of halogens is 3. The summed E-state index contributed by atoms with van der Waals surface area (Å²) < 4.78 is 1.84. The van der Waals surface area contributed by atoms with E-state index < -0.39 is 0 Å². The zero-order valence-electron chi connectivity index (χ0n) is 11.1. The van der Waals surface area contributed by atoms with Crippen molar-refractivity contribution in [3.8, 4) is 0 Å². The van der Waals surface area contributed by atoms with Crippen LogP contribution in [-0.4, -0.2) is 53.8 Å². The molecule has 0 radical (unpaired) electrons. The fraction of sp³-hybridized carbons (Fsp3) is 0.500. The van der Waals surface area contributed by atoms with Crippen LogP contribution >= 0.6 is 47.8 Å². The van der Waals surface area contributed by atoms with Gasteiger partial charge in [-0.05, 0) is 31.2 Å². The van der Waals surface area contributed by atoms with Crippen molar-refractivity contribution in [2.75, 3.05) is 38.1 Å². The van der Waals surface area contributed by atoms with Crippen molar-refractivity contribution in [2.24, 2.45) is 0 Å². The summed E-state index contributed by atoms with van der Waals surface area (Å²) in [6.45, 7) is 4.70. The van der Waals surface area contributed by atoms with Crippen LogP contribution in [0.15, 0.2) is 27.1 Å². The molecule has 1 saturated heterocycles. The van der Waals surface area contributed by atoms with E-state index in [1.165, 1.54) is 0 Å². The molecule has 1 fully saturated rings. The summed E-state index contributed by atoms with van der Waals surface area (Å²) in [5, 5.41) is 0.986. The van der Waals surface area contributed by atoms with E-state index in [4.69, 9.17) is 0 Å². The van der Waals surface area contributed by atoms with Gasteiger partial charge in [0.05, 0.1) is 0 Å². The number of nitrogens with zero attached hydrogens (tertiary/aromatic N) is 2. The van der Waals surface area contributed by atoms with E-state index in [1.807, 2.05) is 23.1 Å². The van der Waals surface area contributed by atoms with E-state index in [1.54, 1.807) is 0 Å². The number of carbonyl (C=O) groups excluding carboxylic acids is 1. The van der Waals surface area contributed by atoms with Gasteiger partial charge in [0, 0.05) is 46.0 Å². The third-order valence-corrected chi connectivity index (χ3v) is 4.66. The van der Waals surface area contributed by atoms with Gasteiger partial charge in [-0.15, -0.1) is 0 Å². The molecule has 0 atom stereocenters. The van der Waals surface area contributed by atoms with Crippen LogP contribution in [-0.2, 0) is 0 Å². The van der Waals surface area contributed by atoms with Crippen LogP contribution in [0.3, 0.4) is 0 Å². The summed E-state index contributed by atoms with van der Waals surface area (Å²) in [7, 11) is 0. The lowest BCUT2D eigenvalue weighted by Crippen LogP contribution is -2.35. The summed E-state index contributed by atoms with van der Waals surface area (Å²) >= 11 is 10.3. The smallest absolute Gasteiger partial charge is 0.253 e. The van der Waals surface area contributed by atoms with E-state index in [-0.39, 0.29) is 5.91 Å². The molecule has 20 heavy (non-hydrogen) atoms. The summed E-state index contributed by atoms with van der Waals surface area (Å²) in [6, 6.07) is 5.71. The fourth-order valence-corrected chi connectivity index (χ4v) is 4.17. The molecular formula is C14H17Br3N2O. The van der Waals surface area contributed by atoms with Gasteiger partial charge in [0.25, 0.3) is 5.91 Å². The zero-order valence-corrected chi connectivity index (χ0v) is 15.9. The predicted octanol–water partition coefficient (Wildman–Crippen LogP) is 3.75. The normalized spacial score (nSPS) is 17.1. The highest BCUT2D eigenvalue weighted by molar-refractivity contribution is 9.11. The Morgan fingerprint density at radius 3 is 2.40 bits per heavy atom. The Morgan fingerprint density at radius 2 is 1.75 bits per heavy atom. The Bertz CT molecular complexity index is 461. The second kappa shape index (κ2) is 7.92. The molecular weight excluding hydrogens is 452 g/mol. The minimum atomic E-state index is 0.118. The number of alkyl halides is 1. The highest BCUT2D eigenvalue weighted by Crippen LogP contribution is 2.21. The molecule has 2 rings (SSSR count). The Kier molecular flexibility index (Phi) is 6.52. The zero-order chi connectivity index (χ0) is 14.5. The highest BCUT2D eigenvalue weighted by atomic mass is 79.9. The molecule has 1 heterocycles. The molecule has 1 aromatic carbocycles. The van der Waals surface area contributed by atoms with Crippen LogP contribution < -0.4 is 0 Å². The number of benzene rings is 1. The van der Waals surface area contributed by atoms with E-state index in [2.05, 4.69) is 52.7 Å². The van der Waals surface area contributed by atoms with Crippen LogP contribution in [0.2, 0.25) is 0 Å². The maximum atomic E-state index is 12.6. The van der Waals surface area contributed by atoms with Gasteiger partial charge in [-0.3, -0.25) is 4.79 Å². The third kappa shape index (κ3) is 4.55. The SMILES string of the molecule is O=C(c1cc(Br)cc(Br)c1)N1CCCN(CCBr)CC1. The van der Waals surface area contributed by atoms with Crippen molar-refractivity contribution in [3.63, 3.8) is 0 Å². The Balaban J connectivity index is 2.05. The lowest BCUT2D eigenvalue weighted by atomic mass is 10.2. The van der Waals surface area contributed by atoms with Crippen molar-refractivity contribution in [1.82, 2.24) is 9.80 Å². The van der Waals surface area contributed by atoms with Gasteiger partial charge in [0.1, 0.15) is 0 Å². The maximum absolute atomic E-state index is 12.6. The monoisotopic (exact) mass is 466 g/mol. The lowest BCUT2D eigenvalue weighted by molar-refractivity contribution is 0.0761. The molecule has 3 nitrogen and oxygen atoms in total. The van der Waals surface area contributed by atoms with Gasteiger partial charge in [-0.25, -0.2) is 0 Å². The molecule has 0 saturated carbocycles. The minimum absolute atomic E-state index is 0.118. The number of amides is 1. The van der Waals surface area contributed by atoms with Crippen LogP contribution in [0.25, 0.3) is 0 Å². The van der Waals surface area contributed by atoms with Crippen molar-refractivity contribution in [2.45, 2.75) is 6.42 Å². The van der Waals surface area contributed by atoms with Crippen LogP contribution in [0.4, 0.5) is 0 Å². The highest BCUT2D eigenvalue weighted by Gasteiger charge is 2.20. The van der Waals surface area contributed by atoms with Crippen LogP contribution in [0, 0.1) is 0 Å². The number of hydrogen-bond donors (Lipinski definition) is 0. The first-order chi connectivity index (χ1) is 9.60. The second-order valence-electron chi connectivity index (χ2n) is 4.83. The maximum Gasteiger partial charge on any atom is 0.253 e. The fourth-order valence-electron chi connectivity index (χ4n) is 2.38. The number of carbonyl (C=O) groups is 1. The minimum Gasteiger partial charge on any atom is -0.337 e. The standard InChI is InChI=1S/C14H17Br3N2O/c15-2-5-18-3-1-4-19(7-6-18)14(20)11-8-12(16)10-13(17)9-11/h8-10H,1-7H2. The average Bonchev–Trinajstić information content (AvgIpc) is 2.63. The quantitative estimate of drug-likeness (QED) is 0.631.